The molecule has 0 spiro atoms. The van der Waals surface area contributed by atoms with E-state index in [9.17, 15) is 0 Å². The van der Waals surface area contributed by atoms with E-state index in [1.165, 1.54) is 0 Å². The lowest BCUT2D eigenvalue weighted by Gasteiger charge is -2.04. The van der Waals surface area contributed by atoms with Crippen LogP contribution in [0, 0.1) is 0 Å². The van der Waals surface area contributed by atoms with Crippen LogP contribution in [-0.4, -0.2) is 14.8 Å². The van der Waals surface area contributed by atoms with Crippen molar-refractivity contribution < 1.29 is 0 Å². The monoisotopic (exact) mass is 285 g/mol. The summed E-state index contributed by atoms with van der Waals surface area (Å²) in [5.41, 5.74) is 0.966. The molecular formula is C10H9BrClN3. The van der Waals surface area contributed by atoms with Gasteiger partial charge in [0.25, 0.3) is 0 Å². The Kier molecular flexibility index (Phi) is 3.07. The highest BCUT2D eigenvalue weighted by molar-refractivity contribution is 9.10. The lowest BCUT2D eigenvalue weighted by atomic mass is 10.2. The van der Waals surface area contributed by atoms with Crippen molar-refractivity contribution in [3.63, 3.8) is 0 Å². The average molecular weight is 287 g/mol. The zero-order chi connectivity index (χ0) is 10.8. The standard InChI is InChI=1S/C10H9BrClN3/c1-2-15-6-13-14-10(15)7-3-8(11)5-9(12)4-7/h3-6H,2H2,1H3. The summed E-state index contributed by atoms with van der Waals surface area (Å²) >= 11 is 9.38. The molecule has 1 heterocycles. The van der Waals surface area contributed by atoms with Crippen molar-refractivity contribution in [1.29, 1.82) is 0 Å². The molecule has 0 bridgehead atoms. The summed E-state index contributed by atoms with van der Waals surface area (Å²) in [6.45, 7) is 2.89. The third kappa shape index (κ3) is 2.21. The van der Waals surface area contributed by atoms with Crippen LogP contribution in [0.1, 0.15) is 6.92 Å². The Morgan fingerprint density at radius 1 is 1.40 bits per heavy atom. The number of aromatic nitrogens is 3. The maximum atomic E-state index is 5.98. The molecule has 78 valence electrons. The van der Waals surface area contributed by atoms with Crippen molar-refractivity contribution in [2.24, 2.45) is 0 Å². The van der Waals surface area contributed by atoms with E-state index in [0.29, 0.717) is 5.02 Å². The SMILES string of the molecule is CCn1cnnc1-c1cc(Cl)cc(Br)c1. The Hall–Kier alpha value is -0.870. The summed E-state index contributed by atoms with van der Waals surface area (Å²) in [7, 11) is 0. The Morgan fingerprint density at radius 2 is 2.20 bits per heavy atom. The van der Waals surface area contributed by atoms with Crippen LogP contribution in [0.2, 0.25) is 5.02 Å². The van der Waals surface area contributed by atoms with Gasteiger partial charge in [-0.2, -0.15) is 0 Å². The first-order valence-corrected chi connectivity index (χ1v) is 5.72. The highest BCUT2D eigenvalue weighted by atomic mass is 79.9. The van der Waals surface area contributed by atoms with E-state index in [2.05, 4.69) is 26.1 Å². The van der Waals surface area contributed by atoms with Gasteiger partial charge in [0.15, 0.2) is 5.82 Å². The maximum absolute atomic E-state index is 5.98. The van der Waals surface area contributed by atoms with Gasteiger partial charge in [0.1, 0.15) is 6.33 Å². The molecule has 1 aromatic carbocycles. The summed E-state index contributed by atoms with van der Waals surface area (Å²) < 4.78 is 2.91. The van der Waals surface area contributed by atoms with Gasteiger partial charge < -0.3 is 4.57 Å². The Morgan fingerprint density at radius 3 is 2.87 bits per heavy atom. The fourth-order valence-corrected chi connectivity index (χ4v) is 2.25. The second kappa shape index (κ2) is 4.33. The second-order valence-corrected chi connectivity index (χ2v) is 4.45. The normalized spacial score (nSPS) is 10.6. The van der Waals surface area contributed by atoms with E-state index in [4.69, 9.17) is 11.6 Å². The number of nitrogens with zero attached hydrogens (tertiary/aromatic N) is 3. The molecule has 0 saturated heterocycles. The smallest absolute Gasteiger partial charge is 0.163 e. The molecule has 0 aliphatic heterocycles. The van der Waals surface area contributed by atoms with Crippen molar-refractivity contribution >= 4 is 27.5 Å². The zero-order valence-electron chi connectivity index (χ0n) is 8.11. The van der Waals surface area contributed by atoms with E-state index >= 15 is 0 Å². The van der Waals surface area contributed by atoms with Crippen LogP contribution in [0.5, 0.6) is 0 Å². The quantitative estimate of drug-likeness (QED) is 0.847. The minimum absolute atomic E-state index is 0.685. The van der Waals surface area contributed by atoms with Gasteiger partial charge in [0.05, 0.1) is 0 Å². The minimum Gasteiger partial charge on any atom is -0.314 e. The summed E-state index contributed by atoms with van der Waals surface area (Å²) in [6.07, 6.45) is 1.71. The van der Waals surface area contributed by atoms with Crippen LogP contribution in [-0.2, 0) is 6.54 Å². The van der Waals surface area contributed by atoms with Crippen molar-refractivity contribution in [3.8, 4) is 11.4 Å². The molecule has 5 heteroatoms. The first-order chi connectivity index (χ1) is 7.20. The van der Waals surface area contributed by atoms with Crippen LogP contribution in [0.15, 0.2) is 29.0 Å². The molecule has 15 heavy (non-hydrogen) atoms. The van der Waals surface area contributed by atoms with Gasteiger partial charge in [-0.3, -0.25) is 0 Å². The topological polar surface area (TPSA) is 30.7 Å². The van der Waals surface area contributed by atoms with Gasteiger partial charge in [-0.15, -0.1) is 10.2 Å². The van der Waals surface area contributed by atoms with Crippen molar-refractivity contribution in [1.82, 2.24) is 14.8 Å². The third-order valence-electron chi connectivity index (χ3n) is 2.08. The first kappa shape index (κ1) is 10.6. The predicted octanol–water partition coefficient (Wildman–Crippen LogP) is 3.38. The molecule has 0 saturated carbocycles. The number of rotatable bonds is 2. The average Bonchev–Trinajstić information content (AvgIpc) is 2.63. The highest BCUT2D eigenvalue weighted by Gasteiger charge is 2.07. The second-order valence-electron chi connectivity index (χ2n) is 3.10. The van der Waals surface area contributed by atoms with Crippen LogP contribution in [0.3, 0.4) is 0 Å². The number of hydrogen-bond donors (Lipinski definition) is 0. The van der Waals surface area contributed by atoms with Gasteiger partial charge >= 0.3 is 0 Å². The van der Waals surface area contributed by atoms with Crippen LogP contribution in [0.25, 0.3) is 11.4 Å². The van der Waals surface area contributed by atoms with E-state index in [-0.39, 0.29) is 0 Å². The molecule has 0 radical (unpaired) electrons. The van der Waals surface area contributed by atoms with Crippen LogP contribution in [0.4, 0.5) is 0 Å². The van der Waals surface area contributed by atoms with E-state index in [0.717, 1.165) is 22.4 Å². The van der Waals surface area contributed by atoms with Gasteiger partial charge in [-0.05, 0) is 25.1 Å². The molecule has 0 unspecified atom stereocenters. The molecule has 3 nitrogen and oxygen atoms in total. The Labute approximate surface area is 101 Å². The fourth-order valence-electron chi connectivity index (χ4n) is 1.39. The fraction of sp³-hybridized carbons (Fsp3) is 0.200. The van der Waals surface area contributed by atoms with Gasteiger partial charge in [0.2, 0.25) is 0 Å². The molecule has 0 fully saturated rings. The molecule has 2 aromatic rings. The van der Waals surface area contributed by atoms with Crippen molar-refractivity contribution in [2.75, 3.05) is 0 Å². The van der Waals surface area contributed by atoms with Crippen LogP contribution >= 0.6 is 27.5 Å². The first-order valence-electron chi connectivity index (χ1n) is 4.55. The Balaban J connectivity index is 2.53. The molecule has 1 aromatic heterocycles. The van der Waals surface area contributed by atoms with E-state index < -0.39 is 0 Å². The third-order valence-corrected chi connectivity index (χ3v) is 2.75. The maximum Gasteiger partial charge on any atom is 0.163 e. The molecule has 0 N–H and O–H groups in total. The van der Waals surface area contributed by atoms with E-state index in [1.54, 1.807) is 6.33 Å². The summed E-state index contributed by atoms with van der Waals surface area (Å²) in [5.74, 6) is 0.834. The van der Waals surface area contributed by atoms with Gasteiger partial charge in [-0.1, -0.05) is 27.5 Å². The lowest BCUT2D eigenvalue weighted by molar-refractivity contribution is 0.767. The minimum atomic E-state index is 0.685. The van der Waals surface area contributed by atoms with Gasteiger partial charge in [-0.25, -0.2) is 0 Å². The number of halogens is 2. The molecule has 0 aliphatic rings. The summed E-state index contributed by atoms with van der Waals surface area (Å²) in [4.78, 5) is 0. The summed E-state index contributed by atoms with van der Waals surface area (Å²) in [5, 5.41) is 8.64. The largest absolute Gasteiger partial charge is 0.314 e. The number of benzene rings is 1. The molecule has 0 aliphatic carbocycles. The molecular weight excluding hydrogens is 277 g/mol. The molecule has 0 amide bonds. The number of aryl methyl sites for hydroxylation is 1. The molecule has 2 rings (SSSR count). The zero-order valence-corrected chi connectivity index (χ0v) is 10.5. The van der Waals surface area contributed by atoms with E-state index in [1.807, 2.05) is 29.7 Å². The highest BCUT2D eigenvalue weighted by Crippen LogP contribution is 2.25. The Bertz CT molecular complexity index is 461. The lowest BCUT2D eigenvalue weighted by Crippen LogP contribution is -1.95. The van der Waals surface area contributed by atoms with Gasteiger partial charge in [0, 0.05) is 21.6 Å². The predicted molar refractivity (Wildman–Crippen MR) is 63.8 cm³/mol. The number of hydrogen-bond acceptors (Lipinski definition) is 2. The summed E-state index contributed by atoms with van der Waals surface area (Å²) in [6, 6.07) is 5.70. The van der Waals surface area contributed by atoms with Crippen molar-refractivity contribution in [3.05, 3.63) is 34.0 Å². The van der Waals surface area contributed by atoms with Crippen molar-refractivity contribution in [2.45, 2.75) is 13.5 Å². The molecule has 0 atom stereocenters. The van der Waals surface area contributed by atoms with Crippen LogP contribution < -0.4 is 0 Å².